The molecule has 0 aliphatic heterocycles. The highest BCUT2D eigenvalue weighted by Crippen LogP contribution is 1.99. The molecule has 0 aromatic rings. The van der Waals surface area contributed by atoms with Gasteiger partial charge in [-0.2, -0.15) is 0 Å². The summed E-state index contributed by atoms with van der Waals surface area (Å²) in [5.41, 5.74) is 0. The number of hydrogen-bond acceptors (Lipinski definition) is 3. The number of carbonyl (C=O) groups excluding carboxylic acids is 1. The SMILES string of the molecule is CCOCCNC(=O)NCCC(C)C(=O)O. The molecule has 0 saturated carbocycles. The molecule has 0 aromatic carbocycles. The van der Waals surface area contributed by atoms with E-state index in [-0.39, 0.29) is 6.03 Å². The Bertz CT molecular complexity index is 221. The van der Waals surface area contributed by atoms with Crippen molar-refractivity contribution in [2.45, 2.75) is 20.3 Å². The molecular formula is C10H20N2O4. The molecule has 0 aliphatic rings. The third-order valence-electron chi connectivity index (χ3n) is 2.02. The van der Waals surface area contributed by atoms with Crippen LogP contribution in [0.2, 0.25) is 0 Å². The average Bonchev–Trinajstić information content (AvgIpc) is 2.24. The first-order valence-electron chi connectivity index (χ1n) is 5.40. The van der Waals surface area contributed by atoms with Gasteiger partial charge in [0.1, 0.15) is 0 Å². The second-order valence-corrected chi connectivity index (χ2v) is 3.41. The number of nitrogens with one attached hydrogen (secondary N) is 2. The van der Waals surface area contributed by atoms with Gasteiger partial charge in [-0.15, -0.1) is 0 Å². The standard InChI is InChI=1S/C10H20N2O4/c1-3-16-7-6-12-10(15)11-5-4-8(2)9(13)14/h8H,3-7H2,1-2H3,(H,13,14)(H2,11,12,15). The van der Waals surface area contributed by atoms with E-state index in [0.717, 1.165) is 0 Å². The lowest BCUT2D eigenvalue weighted by molar-refractivity contribution is -0.141. The zero-order chi connectivity index (χ0) is 12.4. The van der Waals surface area contributed by atoms with E-state index in [4.69, 9.17) is 9.84 Å². The highest BCUT2D eigenvalue weighted by molar-refractivity contribution is 5.74. The quantitative estimate of drug-likeness (QED) is 0.530. The van der Waals surface area contributed by atoms with Crippen LogP contribution < -0.4 is 10.6 Å². The summed E-state index contributed by atoms with van der Waals surface area (Å²) < 4.78 is 5.04. The van der Waals surface area contributed by atoms with Crippen molar-refractivity contribution in [3.8, 4) is 0 Å². The molecule has 16 heavy (non-hydrogen) atoms. The molecule has 3 N–H and O–H groups in total. The predicted octanol–water partition coefficient (Wildman–Crippen LogP) is 0.433. The van der Waals surface area contributed by atoms with E-state index >= 15 is 0 Å². The van der Waals surface area contributed by atoms with Crippen molar-refractivity contribution < 1.29 is 19.4 Å². The molecule has 0 spiro atoms. The van der Waals surface area contributed by atoms with Gasteiger partial charge < -0.3 is 20.5 Å². The van der Waals surface area contributed by atoms with Gasteiger partial charge in [-0.3, -0.25) is 4.79 Å². The van der Waals surface area contributed by atoms with Crippen LogP contribution in [0.5, 0.6) is 0 Å². The summed E-state index contributed by atoms with van der Waals surface area (Å²) in [7, 11) is 0. The average molecular weight is 232 g/mol. The number of carboxylic acid groups (broad SMARTS) is 1. The second-order valence-electron chi connectivity index (χ2n) is 3.41. The lowest BCUT2D eigenvalue weighted by Gasteiger charge is -2.09. The Balaban J connectivity index is 3.40. The Hall–Kier alpha value is -1.30. The summed E-state index contributed by atoms with van der Waals surface area (Å²) in [5, 5.41) is 13.8. The van der Waals surface area contributed by atoms with Crippen LogP contribution >= 0.6 is 0 Å². The van der Waals surface area contributed by atoms with Crippen molar-refractivity contribution in [1.29, 1.82) is 0 Å². The van der Waals surface area contributed by atoms with E-state index in [1.54, 1.807) is 6.92 Å². The van der Waals surface area contributed by atoms with Crippen molar-refractivity contribution in [2.75, 3.05) is 26.3 Å². The van der Waals surface area contributed by atoms with Crippen LogP contribution in [-0.2, 0) is 9.53 Å². The maximum atomic E-state index is 11.1. The summed E-state index contributed by atoms with van der Waals surface area (Å²) in [6.07, 6.45) is 0.425. The number of hydrogen-bond donors (Lipinski definition) is 3. The summed E-state index contributed by atoms with van der Waals surface area (Å²) in [5.74, 6) is -1.29. The maximum Gasteiger partial charge on any atom is 0.314 e. The summed E-state index contributed by atoms with van der Waals surface area (Å²) in [6.45, 7) is 5.40. The normalized spacial score (nSPS) is 11.9. The highest BCUT2D eigenvalue weighted by Gasteiger charge is 2.10. The molecule has 0 radical (unpaired) electrons. The second kappa shape index (κ2) is 8.96. The van der Waals surface area contributed by atoms with Gasteiger partial charge in [-0.25, -0.2) is 4.79 Å². The molecule has 0 rings (SSSR count). The molecule has 1 atom stereocenters. The molecule has 0 bridgehead atoms. The Morgan fingerprint density at radius 1 is 1.31 bits per heavy atom. The van der Waals surface area contributed by atoms with Crippen molar-refractivity contribution in [3.05, 3.63) is 0 Å². The van der Waals surface area contributed by atoms with Gasteiger partial charge in [0.25, 0.3) is 0 Å². The minimum atomic E-state index is -0.849. The molecule has 0 fully saturated rings. The molecule has 0 aliphatic carbocycles. The van der Waals surface area contributed by atoms with E-state index in [1.165, 1.54) is 0 Å². The lowest BCUT2D eigenvalue weighted by atomic mass is 10.1. The zero-order valence-electron chi connectivity index (χ0n) is 9.78. The first-order valence-corrected chi connectivity index (χ1v) is 5.40. The van der Waals surface area contributed by atoms with Gasteiger partial charge in [0.2, 0.25) is 0 Å². The topological polar surface area (TPSA) is 87.7 Å². The van der Waals surface area contributed by atoms with Crippen molar-refractivity contribution in [1.82, 2.24) is 10.6 Å². The lowest BCUT2D eigenvalue weighted by Crippen LogP contribution is -2.38. The van der Waals surface area contributed by atoms with Crippen LogP contribution in [0, 0.1) is 5.92 Å². The summed E-state index contributed by atoms with van der Waals surface area (Å²) in [6, 6.07) is -0.294. The number of urea groups is 1. The van der Waals surface area contributed by atoms with Crippen LogP contribution in [-0.4, -0.2) is 43.4 Å². The third-order valence-corrected chi connectivity index (χ3v) is 2.02. The number of rotatable bonds is 8. The van der Waals surface area contributed by atoms with E-state index in [0.29, 0.717) is 32.7 Å². The Morgan fingerprint density at radius 2 is 1.94 bits per heavy atom. The molecule has 94 valence electrons. The van der Waals surface area contributed by atoms with Crippen molar-refractivity contribution >= 4 is 12.0 Å². The van der Waals surface area contributed by atoms with Gasteiger partial charge in [-0.05, 0) is 13.3 Å². The Labute approximate surface area is 95.4 Å². The largest absolute Gasteiger partial charge is 0.481 e. The van der Waals surface area contributed by atoms with Crippen LogP contribution in [0.15, 0.2) is 0 Å². The van der Waals surface area contributed by atoms with Crippen LogP contribution in [0.1, 0.15) is 20.3 Å². The Kier molecular flexibility index (Phi) is 8.24. The van der Waals surface area contributed by atoms with Crippen LogP contribution in [0.3, 0.4) is 0 Å². The Morgan fingerprint density at radius 3 is 2.50 bits per heavy atom. The van der Waals surface area contributed by atoms with E-state index < -0.39 is 11.9 Å². The van der Waals surface area contributed by atoms with Gasteiger partial charge in [0, 0.05) is 19.7 Å². The number of carboxylic acids is 1. The molecule has 6 nitrogen and oxygen atoms in total. The van der Waals surface area contributed by atoms with Crippen LogP contribution in [0.4, 0.5) is 4.79 Å². The molecular weight excluding hydrogens is 212 g/mol. The molecule has 0 aromatic heterocycles. The highest BCUT2D eigenvalue weighted by atomic mass is 16.5. The number of aliphatic carboxylic acids is 1. The minimum Gasteiger partial charge on any atom is -0.481 e. The van der Waals surface area contributed by atoms with Crippen molar-refractivity contribution in [2.24, 2.45) is 5.92 Å². The first kappa shape index (κ1) is 14.7. The smallest absolute Gasteiger partial charge is 0.314 e. The molecule has 0 saturated heterocycles. The molecule has 1 unspecified atom stereocenters. The summed E-state index contributed by atoms with van der Waals surface area (Å²) >= 11 is 0. The van der Waals surface area contributed by atoms with Crippen molar-refractivity contribution in [3.63, 3.8) is 0 Å². The fraction of sp³-hybridized carbons (Fsp3) is 0.800. The molecule has 6 heteroatoms. The zero-order valence-corrected chi connectivity index (χ0v) is 9.78. The number of amides is 2. The fourth-order valence-electron chi connectivity index (χ4n) is 0.969. The van der Waals surface area contributed by atoms with E-state index in [9.17, 15) is 9.59 Å². The predicted molar refractivity (Wildman–Crippen MR) is 59.3 cm³/mol. The number of carbonyl (C=O) groups is 2. The monoisotopic (exact) mass is 232 g/mol. The van der Waals surface area contributed by atoms with E-state index in [2.05, 4.69) is 10.6 Å². The van der Waals surface area contributed by atoms with Crippen LogP contribution in [0.25, 0.3) is 0 Å². The van der Waals surface area contributed by atoms with Gasteiger partial charge in [-0.1, -0.05) is 6.92 Å². The van der Waals surface area contributed by atoms with Gasteiger partial charge in [0.15, 0.2) is 0 Å². The third kappa shape index (κ3) is 8.05. The minimum absolute atomic E-state index is 0.294. The molecule has 2 amide bonds. The summed E-state index contributed by atoms with van der Waals surface area (Å²) in [4.78, 5) is 21.6. The van der Waals surface area contributed by atoms with Gasteiger partial charge >= 0.3 is 12.0 Å². The number of ether oxygens (including phenoxy) is 1. The first-order chi connectivity index (χ1) is 7.57. The fourth-order valence-corrected chi connectivity index (χ4v) is 0.969. The maximum absolute atomic E-state index is 11.1. The van der Waals surface area contributed by atoms with Gasteiger partial charge in [0.05, 0.1) is 12.5 Å². The molecule has 0 heterocycles. The van der Waals surface area contributed by atoms with E-state index in [1.807, 2.05) is 6.92 Å².